The fourth-order valence-corrected chi connectivity index (χ4v) is 12.8. The van der Waals surface area contributed by atoms with E-state index in [9.17, 15) is 39.5 Å². The summed E-state index contributed by atoms with van der Waals surface area (Å²) in [5, 5.41) is -3.77. The molecular formula is C26H19BF15P. The minimum atomic E-state index is -5.57. The molecule has 0 fully saturated rings. The van der Waals surface area contributed by atoms with Crippen molar-refractivity contribution >= 4 is 30.1 Å². The molecule has 3 aromatic carbocycles. The SMILES string of the molecule is CC(C)(C)[PH+]([B-](c1c(F)c(F)c(F)c(F)c1F)(c1c(F)c(F)c(F)c(F)c1F)c1c(F)c(F)c(F)c(F)c1F)C(C)(C)C. The standard InChI is InChI=1S/C26H19BF15P/c1-25(2,3)43(26(4,5)6)27(7-10(28)16(34)22(40)17(35)11(7)29,8-12(30)18(36)23(41)19(37)13(8)31)9-14(32)20(38)24(42)21(39)15(9)33/h43H,1-6H3. The molecule has 3 rings (SSSR count). The van der Waals surface area contributed by atoms with Crippen molar-refractivity contribution in [3.63, 3.8) is 0 Å². The molecule has 0 aliphatic carbocycles. The monoisotopic (exact) mass is 658 g/mol. The van der Waals surface area contributed by atoms with Gasteiger partial charge in [-0.2, -0.15) is 0 Å². The lowest BCUT2D eigenvalue weighted by molar-refractivity contribution is 0.380. The van der Waals surface area contributed by atoms with E-state index in [1.54, 1.807) is 0 Å². The first-order valence-electron chi connectivity index (χ1n) is 12.0. The molecule has 0 aromatic heterocycles. The zero-order chi connectivity index (χ0) is 33.5. The van der Waals surface area contributed by atoms with Gasteiger partial charge in [0.2, 0.25) is 0 Å². The van der Waals surface area contributed by atoms with Gasteiger partial charge in [-0.25, -0.2) is 65.9 Å². The van der Waals surface area contributed by atoms with E-state index in [2.05, 4.69) is 0 Å². The van der Waals surface area contributed by atoms with E-state index in [-0.39, 0.29) is 0 Å². The second kappa shape index (κ2) is 10.9. The molecule has 0 aliphatic heterocycles. The van der Waals surface area contributed by atoms with Gasteiger partial charge in [0.1, 0.15) is 34.9 Å². The van der Waals surface area contributed by atoms with Crippen LogP contribution in [0.1, 0.15) is 41.5 Å². The van der Waals surface area contributed by atoms with Gasteiger partial charge in [0.05, 0.1) is 0 Å². The summed E-state index contributed by atoms with van der Waals surface area (Å²) >= 11 is 0. The highest BCUT2D eigenvalue weighted by atomic mass is 31.1. The molecule has 17 heteroatoms. The lowest BCUT2D eigenvalue weighted by Crippen LogP contribution is -2.74. The molecule has 0 bridgehead atoms. The molecule has 0 unspecified atom stereocenters. The minimum Gasteiger partial charge on any atom is -0.207 e. The third-order valence-corrected chi connectivity index (χ3v) is 12.0. The smallest absolute Gasteiger partial charge is 0.207 e. The van der Waals surface area contributed by atoms with Crippen molar-refractivity contribution in [1.29, 1.82) is 0 Å². The highest BCUT2D eigenvalue weighted by molar-refractivity contribution is 8.03. The lowest BCUT2D eigenvalue weighted by atomic mass is 9.33. The summed E-state index contributed by atoms with van der Waals surface area (Å²) in [7, 11) is -4.04. The summed E-state index contributed by atoms with van der Waals surface area (Å²) in [6.45, 7) is 6.29. The molecule has 0 heterocycles. The lowest BCUT2D eigenvalue weighted by Gasteiger charge is -2.53. The van der Waals surface area contributed by atoms with E-state index in [4.69, 9.17) is 0 Å². The van der Waals surface area contributed by atoms with Crippen LogP contribution in [0.4, 0.5) is 65.9 Å². The summed E-state index contributed by atoms with van der Waals surface area (Å²) in [6.07, 6.45) is 0. The van der Waals surface area contributed by atoms with Crippen LogP contribution in [0, 0.1) is 87.3 Å². The highest BCUT2D eigenvalue weighted by Crippen LogP contribution is 2.65. The van der Waals surface area contributed by atoms with Crippen LogP contribution in [-0.4, -0.2) is 16.2 Å². The summed E-state index contributed by atoms with van der Waals surface area (Å²) in [5.74, 6) is -50.2. The van der Waals surface area contributed by atoms with Crippen LogP contribution in [0.5, 0.6) is 0 Å². The molecule has 0 amide bonds. The van der Waals surface area contributed by atoms with Crippen LogP contribution in [-0.2, 0) is 0 Å². The van der Waals surface area contributed by atoms with Crippen LogP contribution >= 0.6 is 7.80 Å². The van der Waals surface area contributed by atoms with Crippen LogP contribution in [0.2, 0.25) is 0 Å². The van der Waals surface area contributed by atoms with Crippen molar-refractivity contribution < 1.29 is 65.9 Å². The van der Waals surface area contributed by atoms with E-state index < -0.39 is 128 Å². The van der Waals surface area contributed by atoms with Gasteiger partial charge < -0.3 is 0 Å². The summed E-state index contributed by atoms with van der Waals surface area (Å²) in [6, 6.07) is 0. The second-order valence-corrected chi connectivity index (χ2v) is 16.4. The average Bonchev–Trinajstić information content (AvgIpc) is 2.89. The average molecular weight is 658 g/mol. The Morgan fingerprint density at radius 1 is 0.302 bits per heavy atom. The summed E-state index contributed by atoms with van der Waals surface area (Å²) in [4.78, 5) is 0. The van der Waals surface area contributed by atoms with Crippen molar-refractivity contribution in [3.05, 3.63) is 87.3 Å². The molecule has 0 spiro atoms. The summed E-state index contributed by atoms with van der Waals surface area (Å²) in [5.41, 5.74) is -7.62. The Kier molecular flexibility index (Phi) is 8.79. The number of hydrogen-bond acceptors (Lipinski definition) is 0. The first-order chi connectivity index (χ1) is 19.4. The van der Waals surface area contributed by atoms with Gasteiger partial charge in [0.15, 0.2) is 52.4 Å². The van der Waals surface area contributed by atoms with Crippen molar-refractivity contribution in [2.24, 2.45) is 0 Å². The van der Waals surface area contributed by atoms with Gasteiger partial charge in [0, 0.05) is 10.3 Å². The Hall–Kier alpha value is -2.90. The maximum Gasteiger partial charge on any atom is 0.262 e. The fourth-order valence-electron chi connectivity index (χ4n) is 6.30. The Morgan fingerprint density at radius 2 is 0.442 bits per heavy atom. The van der Waals surface area contributed by atoms with Crippen LogP contribution in [0.25, 0.3) is 0 Å². The molecule has 0 radical (unpaired) electrons. The second-order valence-electron chi connectivity index (χ2n) is 11.7. The number of benzene rings is 3. The quantitative estimate of drug-likeness (QED) is 0.0894. The predicted molar refractivity (Wildman–Crippen MR) is 131 cm³/mol. The Morgan fingerprint density at radius 3 is 0.581 bits per heavy atom. The topological polar surface area (TPSA) is 0 Å². The maximum atomic E-state index is 15.8. The van der Waals surface area contributed by atoms with Gasteiger partial charge in [-0.1, -0.05) is 16.4 Å². The molecule has 0 atom stereocenters. The molecule has 3 aromatic rings. The zero-order valence-electron chi connectivity index (χ0n) is 22.7. The number of halogens is 15. The Labute approximate surface area is 235 Å². The first kappa shape index (κ1) is 34.6. The third-order valence-electron chi connectivity index (χ3n) is 7.08. The fraction of sp³-hybridized carbons (Fsp3) is 0.308. The van der Waals surface area contributed by atoms with Gasteiger partial charge in [-0.05, 0) is 41.5 Å². The van der Waals surface area contributed by atoms with E-state index in [1.165, 1.54) is 0 Å². The van der Waals surface area contributed by atoms with Crippen LogP contribution in [0.3, 0.4) is 0 Å². The van der Waals surface area contributed by atoms with Crippen LogP contribution in [0.15, 0.2) is 0 Å². The molecule has 0 saturated heterocycles. The highest BCUT2D eigenvalue weighted by Gasteiger charge is 2.63. The minimum absolute atomic E-state index is 1.05. The normalized spacial score (nSPS) is 13.0. The first-order valence-corrected chi connectivity index (χ1v) is 13.6. The molecular weight excluding hydrogens is 639 g/mol. The van der Waals surface area contributed by atoms with Gasteiger partial charge in [0.25, 0.3) is 5.87 Å². The largest absolute Gasteiger partial charge is 0.262 e. The van der Waals surface area contributed by atoms with Crippen molar-refractivity contribution in [2.45, 2.75) is 51.9 Å². The molecule has 0 nitrogen and oxygen atoms in total. The maximum absolute atomic E-state index is 15.8. The van der Waals surface area contributed by atoms with Crippen molar-refractivity contribution in [2.75, 3.05) is 0 Å². The molecule has 236 valence electrons. The number of rotatable bonds is 4. The van der Waals surface area contributed by atoms with Gasteiger partial charge >= 0.3 is 0 Å². The van der Waals surface area contributed by atoms with E-state index in [0.717, 1.165) is 41.5 Å². The van der Waals surface area contributed by atoms with E-state index >= 15 is 26.3 Å². The molecule has 0 aliphatic rings. The Bertz CT molecular complexity index is 1390. The molecule has 43 heavy (non-hydrogen) atoms. The van der Waals surface area contributed by atoms with Gasteiger partial charge in [-0.3, -0.25) is 0 Å². The van der Waals surface area contributed by atoms with Crippen LogP contribution < -0.4 is 16.4 Å². The molecule has 0 N–H and O–H groups in total. The number of hydrogen-bond donors (Lipinski definition) is 0. The van der Waals surface area contributed by atoms with E-state index in [1.807, 2.05) is 0 Å². The molecule has 0 saturated carbocycles. The predicted octanol–water partition coefficient (Wildman–Crippen LogP) is 7.55. The van der Waals surface area contributed by atoms with Gasteiger partial charge in [-0.15, -0.1) is 7.80 Å². The van der Waals surface area contributed by atoms with Crippen molar-refractivity contribution in [3.8, 4) is 0 Å². The zero-order valence-corrected chi connectivity index (χ0v) is 23.7. The third kappa shape index (κ3) is 4.87. The Balaban J connectivity index is 3.11. The van der Waals surface area contributed by atoms with Crippen molar-refractivity contribution in [1.82, 2.24) is 0 Å². The van der Waals surface area contributed by atoms with E-state index in [0.29, 0.717) is 0 Å². The summed E-state index contributed by atoms with van der Waals surface area (Å²) < 4.78 is 226.